The van der Waals surface area contributed by atoms with E-state index in [1.807, 2.05) is 6.07 Å². The normalized spacial score (nSPS) is 9.80. The maximum absolute atomic E-state index is 5.24. The molecule has 0 aliphatic rings. The van der Waals surface area contributed by atoms with Gasteiger partial charge in [0.25, 0.3) is 0 Å². The second-order valence-electron chi connectivity index (χ2n) is 2.31. The molecule has 0 N–H and O–H groups in total. The van der Waals surface area contributed by atoms with Gasteiger partial charge in [0, 0.05) is 0 Å². The molecule has 0 unspecified atom stereocenters. The molecule has 0 bridgehead atoms. The molecule has 0 aromatic carbocycles. The molecule has 10 heavy (non-hydrogen) atoms. The van der Waals surface area contributed by atoms with Crippen LogP contribution in [0.3, 0.4) is 0 Å². The fraction of sp³-hybridized carbons (Fsp3) is 0.250. The molecule has 1 aromatic heterocycles. The van der Waals surface area contributed by atoms with Crippen molar-refractivity contribution in [1.82, 2.24) is 0 Å². The Labute approximate surface area is 67.5 Å². The molecule has 0 aliphatic heterocycles. The first-order valence-electron chi connectivity index (χ1n) is 3.11. The van der Waals surface area contributed by atoms with Gasteiger partial charge in [-0.15, -0.1) is 17.8 Å². The van der Waals surface area contributed by atoms with Crippen molar-refractivity contribution in [3.63, 3.8) is 0 Å². The van der Waals surface area contributed by atoms with Gasteiger partial charge in [-0.2, -0.15) is 0 Å². The van der Waals surface area contributed by atoms with E-state index in [4.69, 9.17) is 6.42 Å². The summed E-state index contributed by atoms with van der Waals surface area (Å²) >= 11 is 1.75. The smallest absolute Gasteiger partial charge is 0.0927 e. The summed E-state index contributed by atoms with van der Waals surface area (Å²) in [4.78, 5) is 1.06. The molecule has 0 amide bonds. The number of hydrogen-bond donors (Lipinski definition) is 0. The van der Waals surface area contributed by atoms with E-state index in [2.05, 4.69) is 25.1 Å². The Morgan fingerprint density at radius 1 is 1.50 bits per heavy atom. The molecule has 0 fully saturated rings. The Morgan fingerprint density at radius 3 is 2.50 bits per heavy atom. The molecule has 1 rings (SSSR count). The van der Waals surface area contributed by atoms with Crippen molar-refractivity contribution in [3.8, 4) is 12.3 Å². The first-order valence-corrected chi connectivity index (χ1v) is 6.42. The lowest BCUT2D eigenvalue weighted by Gasteiger charge is -1.93. The van der Waals surface area contributed by atoms with Gasteiger partial charge in [0.05, 0.1) is 13.7 Å². The summed E-state index contributed by atoms with van der Waals surface area (Å²) in [6, 6.07) is 4.17. The number of terminal acetylenes is 1. The van der Waals surface area contributed by atoms with Gasteiger partial charge in [-0.05, 0) is 10.6 Å². The van der Waals surface area contributed by atoms with Crippen LogP contribution in [0, 0.1) is 12.3 Å². The zero-order valence-electron chi connectivity index (χ0n) is 6.14. The molecular formula is C8H9SSi. The molecule has 0 saturated carbocycles. The van der Waals surface area contributed by atoms with E-state index in [0.717, 1.165) is 4.88 Å². The van der Waals surface area contributed by atoms with E-state index in [-0.39, 0.29) is 8.80 Å². The lowest BCUT2D eigenvalue weighted by molar-refractivity contribution is 1.93. The standard InChI is InChI=1S/C8H9SSi/c1-4-7-5-6-8(9-7)10(2)3/h1,5-6H,2-3H3. The molecule has 0 atom stereocenters. The molecule has 0 aliphatic carbocycles. The second kappa shape index (κ2) is 3.04. The summed E-state index contributed by atoms with van der Waals surface area (Å²) in [5, 5.41) is 0. The fourth-order valence-electron chi connectivity index (χ4n) is 0.684. The average molecular weight is 165 g/mol. The molecule has 2 heteroatoms. The van der Waals surface area contributed by atoms with Crippen LogP contribution in [0.15, 0.2) is 12.1 Å². The number of hydrogen-bond acceptors (Lipinski definition) is 1. The molecule has 0 spiro atoms. The van der Waals surface area contributed by atoms with E-state index in [1.165, 1.54) is 4.50 Å². The van der Waals surface area contributed by atoms with Crippen LogP contribution in [0.5, 0.6) is 0 Å². The van der Waals surface area contributed by atoms with E-state index in [9.17, 15) is 0 Å². The van der Waals surface area contributed by atoms with Crippen LogP contribution in [0.1, 0.15) is 4.88 Å². The van der Waals surface area contributed by atoms with Crippen molar-refractivity contribution in [2.75, 3.05) is 0 Å². The molecule has 1 aromatic rings. The SMILES string of the molecule is C#Cc1ccc([Si](C)C)s1. The third-order valence-corrected chi connectivity index (χ3v) is 4.75. The number of rotatable bonds is 1. The summed E-state index contributed by atoms with van der Waals surface area (Å²) in [5.41, 5.74) is 0. The summed E-state index contributed by atoms with van der Waals surface area (Å²) < 4.78 is 1.47. The molecular weight excluding hydrogens is 156 g/mol. The van der Waals surface area contributed by atoms with Crippen LogP contribution in [0.4, 0.5) is 0 Å². The lowest BCUT2D eigenvalue weighted by Crippen LogP contribution is -2.17. The molecule has 1 heterocycles. The summed E-state index contributed by atoms with van der Waals surface area (Å²) in [6.45, 7) is 4.55. The zero-order valence-corrected chi connectivity index (χ0v) is 7.96. The monoisotopic (exact) mass is 165 g/mol. The third-order valence-electron chi connectivity index (χ3n) is 1.24. The van der Waals surface area contributed by atoms with Gasteiger partial charge in [0.15, 0.2) is 0 Å². The lowest BCUT2D eigenvalue weighted by atomic mass is 10.5. The molecule has 1 radical (unpaired) electrons. The van der Waals surface area contributed by atoms with Gasteiger partial charge in [-0.25, -0.2) is 0 Å². The highest BCUT2D eigenvalue weighted by Crippen LogP contribution is 2.05. The Morgan fingerprint density at radius 2 is 2.20 bits per heavy atom. The predicted molar refractivity (Wildman–Crippen MR) is 49.4 cm³/mol. The average Bonchev–Trinajstić information content (AvgIpc) is 2.34. The quantitative estimate of drug-likeness (QED) is 0.439. The maximum Gasteiger partial charge on any atom is 0.0927 e. The number of thiophene rings is 1. The van der Waals surface area contributed by atoms with Crippen LogP contribution in [-0.2, 0) is 0 Å². The minimum Gasteiger partial charge on any atom is -0.137 e. The minimum absolute atomic E-state index is 0.278. The van der Waals surface area contributed by atoms with Gasteiger partial charge in [-0.1, -0.05) is 25.1 Å². The summed E-state index contributed by atoms with van der Waals surface area (Å²) in [7, 11) is -0.278. The highest BCUT2D eigenvalue weighted by atomic mass is 32.1. The van der Waals surface area contributed by atoms with Crippen LogP contribution < -0.4 is 4.50 Å². The molecule has 51 valence electrons. The topological polar surface area (TPSA) is 0 Å². The second-order valence-corrected chi connectivity index (χ2v) is 6.29. The fourth-order valence-corrected chi connectivity index (χ4v) is 2.82. The maximum atomic E-state index is 5.24. The summed E-state index contributed by atoms with van der Waals surface area (Å²) in [6.07, 6.45) is 5.24. The summed E-state index contributed by atoms with van der Waals surface area (Å²) in [5.74, 6) is 2.64. The van der Waals surface area contributed by atoms with Crippen LogP contribution in [0.25, 0.3) is 0 Å². The van der Waals surface area contributed by atoms with E-state index < -0.39 is 0 Å². The van der Waals surface area contributed by atoms with Crippen LogP contribution >= 0.6 is 11.3 Å². The highest BCUT2D eigenvalue weighted by molar-refractivity contribution is 7.23. The predicted octanol–water partition coefficient (Wildman–Crippen LogP) is 1.69. The Bertz CT molecular complexity index is 254. The zero-order chi connectivity index (χ0) is 7.56. The minimum atomic E-state index is -0.278. The van der Waals surface area contributed by atoms with Crippen molar-refractivity contribution in [2.24, 2.45) is 0 Å². The largest absolute Gasteiger partial charge is 0.137 e. The Kier molecular flexibility index (Phi) is 2.31. The van der Waals surface area contributed by atoms with Crippen molar-refractivity contribution < 1.29 is 0 Å². The van der Waals surface area contributed by atoms with Crippen LogP contribution in [-0.4, -0.2) is 8.80 Å². The third kappa shape index (κ3) is 1.50. The van der Waals surface area contributed by atoms with Crippen molar-refractivity contribution in [3.05, 3.63) is 17.0 Å². The first kappa shape index (κ1) is 7.58. The highest BCUT2D eigenvalue weighted by Gasteiger charge is 2.02. The van der Waals surface area contributed by atoms with Gasteiger partial charge in [-0.3, -0.25) is 0 Å². The van der Waals surface area contributed by atoms with Crippen molar-refractivity contribution >= 4 is 24.6 Å². The van der Waals surface area contributed by atoms with Gasteiger partial charge in [0.1, 0.15) is 0 Å². The van der Waals surface area contributed by atoms with Crippen molar-refractivity contribution in [1.29, 1.82) is 0 Å². The Balaban J connectivity index is 2.91. The van der Waals surface area contributed by atoms with Gasteiger partial charge in [0.2, 0.25) is 0 Å². The van der Waals surface area contributed by atoms with Crippen molar-refractivity contribution in [2.45, 2.75) is 13.1 Å². The van der Waals surface area contributed by atoms with Gasteiger partial charge < -0.3 is 0 Å². The molecule has 0 saturated heterocycles. The van der Waals surface area contributed by atoms with E-state index in [1.54, 1.807) is 11.3 Å². The first-order chi connectivity index (χ1) is 4.74. The Hall–Kier alpha value is -0.523. The van der Waals surface area contributed by atoms with Gasteiger partial charge >= 0.3 is 0 Å². The molecule has 0 nitrogen and oxygen atoms in total. The van der Waals surface area contributed by atoms with E-state index in [0.29, 0.717) is 0 Å². The van der Waals surface area contributed by atoms with E-state index >= 15 is 0 Å². The van der Waals surface area contributed by atoms with Crippen LogP contribution in [0.2, 0.25) is 13.1 Å².